The molecule has 0 amide bonds. The maximum absolute atomic E-state index is 12.9. The van der Waals surface area contributed by atoms with Gasteiger partial charge in [-0.1, -0.05) is 12.1 Å². The molecule has 0 aliphatic carbocycles. The van der Waals surface area contributed by atoms with Crippen LogP contribution >= 0.6 is 31.9 Å². The highest BCUT2D eigenvalue weighted by Gasteiger charge is 2.07. The van der Waals surface area contributed by atoms with Crippen molar-refractivity contribution in [3.63, 3.8) is 0 Å². The number of hydrogen-bond donors (Lipinski definition) is 1. The van der Waals surface area contributed by atoms with Crippen LogP contribution in [0.2, 0.25) is 0 Å². The molecule has 2 aromatic rings. The van der Waals surface area contributed by atoms with E-state index in [2.05, 4.69) is 42.2 Å². The summed E-state index contributed by atoms with van der Waals surface area (Å²) in [7, 11) is 0. The van der Waals surface area contributed by atoms with E-state index in [1.54, 1.807) is 18.3 Å². The lowest BCUT2D eigenvalue weighted by atomic mass is 10.1. The maximum atomic E-state index is 12.9. The van der Waals surface area contributed by atoms with E-state index >= 15 is 0 Å². The molecule has 0 radical (unpaired) electrons. The Labute approximate surface area is 128 Å². The van der Waals surface area contributed by atoms with Crippen molar-refractivity contribution in [3.8, 4) is 0 Å². The summed E-state index contributed by atoms with van der Waals surface area (Å²) in [5.41, 5.74) is 1.99. The van der Waals surface area contributed by atoms with Crippen LogP contribution < -0.4 is 5.32 Å². The Balaban J connectivity index is 2.00. The first kappa shape index (κ1) is 14.6. The largest absolute Gasteiger partial charge is 0.305 e. The molecule has 5 heteroatoms. The molecule has 0 unspecified atom stereocenters. The van der Waals surface area contributed by atoms with E-state index in [1.807, 2.05) is 13.0 Å². The van der Waals surface area contributed by atoms with E-state index in [0.717, 1.165) is 20.2 Å². The predicted molar refractivity (Wildman–Crippen MR) is 81.3 cm³/mol. The summed E-state index contributed by atoms with van der Waals surface area (Å²) in [6, 6.07) is 8.63. The zero-order chi connectivity index (χ0) is 13.8. The van der Waals surface area contributed by atoms with Crippen molar-refractivity contribution in [1.82, 2.24) is 10.3 Å². The summed E-state index contributed by atoms with van der Waals surface area (Å²) in [5, 5.41) is 3.36. The molecule has 1 aromatic carbocycles. The summed E-state index contributed by atoms with van der Waals surface area (Å²) < 4.78 is 14.7. The van der Waals surface area contributed by atoms with Crippen LogP contribution in [-0.4, -0.2) is 4.98 Å². The highest BCUT2D eigenvalue weighted by molar-refractivity contribution is 9.11. The third-order valence-corrected chi connectivity index (χ3v) is 3.95. The van der Waals surface area contributed by atoms with Gasteiger partial charge in [-0.05, 0) is 62.5 Å². The fourth-order valence-corrected chi connectivity index (χ4v) is 2.82. The molecule has 0 spiro atoms. The summed E-state index contributed by atoms with van der Waals surface area (Å²) in [6.45, 7) is 2.69. The van der Waals surface area contributed by atoms with Gasteiger partial charge < -0.3 is 5.32 Å². The second-order valence-corrected chi connectivity index (χ2v) is 6.01. The van der Waals surface area contributed by atoms with Crippen LogP contribution in [-0.2, 0) is 6.54 Å². The number of hydrogen-bond acceptors (Lipinski definition) is 2. The van der Waals surface area contributed by atoms with Crippen molar-refractivity contribution in [2.45, 2.75) is 19.5 Å². The first-order valence-corrected chi connectivity index (χ1v) is 7.43. The van der Waals surface area contributed by atoms with E-state index in [4.69, 9.17) is 0 Å². The fraction of sp³-hybridized carbons (Fsp3) is 0.214. The van der Waals surface area contributed by atoms with Gasteiger partial charge in [-0.15, -0.1) is 0 Å². The Hall–Kier alpha value is -0.780. The molecule has 1 aromatic heterocycles. The lowest BCUT2D eigenvalue weighted by Crippen LogP contribution is -2.19. The average Bonchev–Trinajstić information content (AvgIpc) is 2.38. The minimum atomic E-state index is -0.215. The number of nitrogens with zero attached hydrogens (tertiary/aromatic N) is 1. The van der Waals surface area contributed by atoms with Crippen LogP contribution in [0.25, 0.3) is 0 Å². The van der Waals surface area contributed by atoms with Crippen LogP contribution in [0.15, 0.2) is 45.5 Å². The van der Waals surface area contributed by atoms with E-state index in [-0.39, 0.29) is 11.9 Å². The van der Waals surface area contributed by atoms with Crippen molar-refractivity contribution in [3.05, 3.63) is 62.5 Å². The van der Waals surface area contributed by atoms with Crippen LogP contribution in [0, 0.1) is 5.82 Å². The number of aromatic nitrogens is 1. The van der Waals surface area contributed by atoms with Gasteiger partial charge in [0.25, 0.3) is 0 Å². The molecule has 1 atom stereocenters. The van der Waals surface area contributed by atoms with Gasteiger partial charge in [-0.3, -0.25) is 4.98 Å². The molecule has 19 heavy (non-hydrogen) atoms. The monoisotopic (exact) mass is 386 g/mol. The molecule has 2 rings (SSSR count). The van der Waals surface area contributed by atoms with Crippen molar-refractivity contribution in [2.75, 3.05) is 0 Å². The van der Waals surface area contributed by atoms with Gasteiger partial charge in [0.15, 0.2) is 0 Å². The van der Waals surface area contributed by atoms with Gasteiger partial charge in [-0.25, -0.2) is 4.39 Å². The molecule has 0 saturated carbocycles. The van der Waals surface area contributed by atoms with Crippen LogP contribution in [0.1, 0.15) is 24.2 Å². The van der Waals surface area contributed by atoms with E-state index in [9.17, 15) is 4.39 Å². The predicted octanol–water partition coefficient (Wildman–Crippen LogP) is 4.60. The van der Waals surface area contributed by atoms with Crippen molar-refractivity contribution < 1.29 is 4.39 Å². The van der Waals surface area contributed by atoms with Gasteiger partial charge in [-0.2, -0.15) is 0 Å². The first-order valence-electron chi connectivity index (χ1n) is 5.85. The molecule has 0 saturated heterocycles. The summed E-state index contributed by atoms with van der Waals surface area (Å²) in [4.78, 5) is 4.34. The SMILES string of the molecule is C[C@@H](NCc1ncc(Br)cc1Br)c1ccc(F)cc1. The molecule has 1 heterocycles. The van der Waals surface area contributed by atoms with Crippen LogP contribution in [0.4, 0.5) is 4.39 Å². The third kappa shape index (κ3) is 4.09. The Kier molecular flexibility index (Phi) is 5.07. The molecule has 0 aliphatic heterocycles. The second kappa shape index (κ2) is 6.59. The minimum Gasteiger partial charge on any atom is -0.305 e. The van der Waals surface area contributed by atoms with Crippen molar-refractivity contribution in [1.29, 1.82) is 0 Å². The number of pyridine rings is 1. The molecular formula is C14H13Br2FN2. The number of benzene rings is 1. The average molecular weight is 388 g/mol. The Morgan fingerprint density at radius 3 is 2.58 bits per heavy atom. The van der Waals surface area contributed by atoms with Crippen molar-refractivity contribution >= 4 is 31.9 Å². The van der Waals surface area contributed by atoms with E-state index in [0.29, 0.717) is 6.54 Å². The zero-order valence-corrected chi connectivity index (χ0v) is 13.5. The molecule has 2 nitrogen and oxygen atoms in total. The molecule has 0 bridgehead atoms. The Morgan fingerprint density at radius 1 is 1.26 bits per heavy atom. The van der Waals surface area contributed by atoms with Crippen LogP contribution in [0.5, 0.6) is 0 Å². The fourth-order valence-electron chi connectivity index (χ4n) is 1.69. The summed E-state index contributed by atoms with van der Waals surface area (Å²) in [5.74, 6) is -0.215. The van der Waals surface area contributed by atoms with Gasteiger partial charge in [0.1, 0.15) is 5.82 Å². The van der Waals surface area contributed by atoms with Crippen molar-refractivity contribution in [2.24, 2.45) is 0 Å². The second-order valence-electron chi connectivity index (χ2n) is 4.24. The lowest BCUT2D eigenvalue weighted by Gasteiger charge is -2.14. The third-order valence-electron chi connectivity index (χ3n) is 2.83. The molecule has 0 aliphatic rings. The Bertz CT molecular complexity index is 558. The molecular weight excluding hydrogens is 375 g/mol. The number of rotatable bonds is 4. The van der Waals surface area contributed by atoms with Crippen LogP contribution in [0.3, 0.4) is 0 Å². The summed E-state index contributed by atoms with van der Waals surface area (Å²) in [6.07, 6.45) is 1.77. The number of nitrogens with one attached hydrogen (secondary N) is 1. The molecule has 100 valence electrons. The molecule has 1 N–H and O–H groups in total. The first-order chi connectivity index (χ1) is 9.06. The van der Waals surface area contributed by atoms with Gasteiger partial charge in [0.2, 0.25) is 0 Å². The maximum Gasteiger partial charge on any atom is 0.123 e. The van der Waals surface area contributed by atoms with Gasteiger partial charge >= 0.3 is 0 Å². The topological polar surface area (TPSA) is 24.9 Å². The summed E-state index contributed by atoms with van der Waals surface area (Å²) >= 11 is 6.85. The lowest BCUT2D eigenvalue weighted by molar-refractivity contribution is 0.563. The quantitative estimate of drug-likeness (QED) is 0.829. The van der Waals surface area contributed by atoms with Gasteiger partial charge in [0, 0.05) is 27.7 Å². The number of halogens is 3. The van der Waals surface area contributed by atoms with E-state index in [1.165, 1.54) is 12.1 Å². The highest BCUT2D eigenvalue weighted by Crippen LogP contribution is 2.20. The van der Waals surface area contributed by atoms with Gasteiger partial charge in [0.05, 0.1) is 5.69 Å². The van der Waals surface area contributed by atoms with E-state index < -0.39 is 0 Å². The Morgan fingerprint density at radius 2 is 1.95 bits per heavy atom. The minimum absolute atomic E-state index is 0.137. The standard InChI is InChI=1S/C14H13Br2FN2/c1-9(10-2-4-12(17)5-3-10)18-8-14-13(16)6-11(15)7-19-14/h2-7,9,18H,8H2,1H3/t9-/m1/s1. The smallest absolute Gasteiger partial charge is 0.123 e. The normalized spacial score (nSPS) is 12.4. The molecule has 0 fully saturated rings. The zero-order valence-electron chi connectivity index (χ0n) is 10.3. The highest BCUT2D eigenvalue weighted by atomic mass is 79.9.